The molecule has 2 aromatic carbocycles. The number of carbonyl (C=O) groups is 1. The Hall–Kier alpha value is -2.80. The van der Waals surface area contributed by atoms with E-state index < -0.39 is 9.84 Å². The van der Waals surface area contributed by atoms with E-state index in [2.05, 4.69) is 36.9 Å². The predicted octanol–water partition coefficient (Wildman–Crippen LogP) is 3.56. The fraction of sp³-hybridized carbons (Fsp3) is 0.348. The van der Waals surface area contributed by atoms with Crippen molar-refractivity contribution >= 4 is 32.4 Å². The number of hydrogen-bond acceptors (Lipinski definition) is 5. The van der Waals surface area contributed by atoms with Crippen LogP contribution in [0, 0.1) is 13.8 Å². The first kappa shape index (κ1) is 20.5. The normalized spacial score (nSPS) is 15.0. The van der Waals surface area contributed by atoms with Crippen LogP contribution in [0.15, 0.2) is 46.9 Å². The number of furan rings is 1. The molecule has 0 aliphatic carbocycles. The molecule has 6 nitrogen and oxygen atoms in total. The zero-order valence-electron chi connectivity index (χ0n) is 17.5. The number of nitrogens with zero attached hydrogens (tertiary/aromatic N) is 2. The molecule has 1 aromatic heterocycles. The summed E-state index contributed by atoms with van der Waals surface area (Å²) < 4.78 is 29.8. The first-order valence-electron chi connectivity index (χ1n) is 10.0. The largest absolute Gasteiger partial charge is 0.451 e. The Labute approximate surface area is 177 Å². The number of amides is 1. The summed E-state index contributed by atoms with van der Waals surface area (Å²) in [6.45, 7) is 6.77. The van der Waals surface area contributed by atoms with Crippen molar-refractivity contribution in [1.82, 2.24) is 4.90 Å². The Morgan fingerprint density at radius 3 is 2.40 bits per heavy atom. The first-order chi connectivity index (χ1) is 14.2. The van der Waals surface area contributed by atoms with Gasteiger partial charge < -0.3 is 14.2 Å². The Morgan fingerprint density at radius 1 is 1.00 bits per heavy atom. The van der Waals surface area contributed by atoms with Gasteiger partial charge in [-0.25, -0.2) is 8.42 Å². The van der Waals surface area contributed by atoms with Gasteiger partial charge in [-0.2, -0.15) is 0 Å². The van der Waals surface area contributed by atoms with E-state index in [4.69, 9.17) is 4.42 Å². The van der Waals surface area contributed by atoms with Gasteiger partial charge in [0.15, 0.2) is 15.6 Å². The van der Waals surface area contributed by atoms with E-state index >= 15 is 0 Å². The lowest BCUT2D eigenvalue weighted by Gasteiger charge is -2.36. The number of hydrogen-bond donors (Lipinski definition) is 0. The Kier molecular flexibility index (Phi) is 5.32. The maximum absolute atomic E-state index is 13.3. The van der Waals surface area contributed by atoms with E-state index in [1.807, 2.05) is 12.1 Å². The average Bonchev–Trinajstić information content (AvgIpc) is 3.07. The lowest BCUT2D eigenvalue weighted by atomic mass is 10.1. The smallest absolute Gasteiger partial charge is 0.290 e. The number of fused-ring (bicyclic) bond motifs is 1. The third kappa shape index (κ3) is 3.94. The van der Waals surface area contributed by atoms with Crippen molar-refractivity contribution in [2.45, 2.75) is 19.6 Å². The lowest BCUT2D eigenvalue weighted by molar-refractivity contribution is 0.0716. The molecule has 0 radical (unpaired) electrons. The molecule has 0 atom stereocenters. The number of aryl methyl sites for hydroxylation is 1. The molecule has 3 aromatic rings. The van der Waals surface area contributed by atoms with Crippen LogP contribution < -0.4 is 4.90 Å². The standard InChI is InChI=1S/C23H26N2O4S/c1-16-7-6-9-20(17(16)2)24-11-13-25(14-12-24)23(26)22-19(15-30(3,27)28)18-8-4-5-10-21(18)29-22/h4-10H,11-15H2,1-3H3. The minimum absolute atomic E-state index is 0.141. The van der Waals surface area contributed by atoms with Crippen molar-refractivity contribution in [2.24, 2.45) is 0 Å². The van der Waals surface area contributed by atoms with E-state index in [1.54, 1.807) is 17.0 Å². The SMILES string of the molecule is Cc1cccc(N2CCN(C(=O)c3oc4ccccc4c3CS(C)(=O)=O)CC2)c1C. The van der Waals surface area contributed by atoms with Crippen molar-refractivity contribution in [3.8, 4) is 0 Å². The van der Waals surface area contributed by atoms with Crippen LogP contribution in [-0.2, 0) is 15.6 Å². The number of benzene rings is 2. The quantitative estimate of drug-likeness (QED) is 0.638. The molecule has 158 valence electrons. The van der Waals surface area contributed by atoms with Crippen LogP contribution in [0.25, 0.3) is 11.0 Å². The molecule has 30 heavy (non-hydrogen) atoms. The molecule has 4 rings (SSSR count). The average molecular weight is 427 g/mol. The molecule has 1 aliphatic rings. The Morgan fingerprint density at radius 2 is 1.70 bits per heavy atom. The van der Waals surface area contributed by atoms with Crippen LogP contribution in [0.4, 0.5) is 5.69 Å². The van der Waals surface area contributed by atoms with E-state index in [-0.39, 0.29) is 17.4 Å². The molecule has 2 heterocycles. The highest BCUT2D eigenvalue weighted by Gasteiger charge is 2.29. The van der Waals surface area contributed by atoms with Gasteiger partial charge in [-0.3, -0.25) is 4.79 Å². The van der Waals surface area contributed by atoms with Crippen molar-refractivity contribution in [1.29, 1.82) is 0 Å². The first-order valence-corrected chi connectivity index (χ1v) is 12.1. The van der Waals surface area contributed by atoms with Crippen molar-refractivity contribution in [3.63, 3.8) is 0 Å². The lowest BCUT2D eigenvalue weighted by Crippen LogP contribution is -2.49. The van der Waals surface area contributed by atoms with E-state index in [1.165, 1.54) is 23.1 Å². The van der Waals surface area contributed by atoms with Crippen LogP contribution in [0.5, 0.6) is 0 Å². The second-order valence-corrected chi connectivity index (χ2v) is 10.1. The summed E-state index contributed by atoms with van der Waals surface area (Å²) in [6.07, 6.45) is 1.17. The molecule has 0 unspecified atom stereocenters. The van der Waals surface area contributed by atoms with E-state index in [0.29, 0.717) is 29.6 Å². The zero-order chi connectivity index (χ0) is 21.5. The zero-order valence-corrected chi connectivity index (χ0v) is 18.3. The van der Waals surface area contributed by atoms with E-state index in [0.717, 1.165) is 13.1 Å². The predicted molar refractivity (Wildman–Crippen MR) is 119 cm³/mol. The van der Waals surface area contributed by atoms with Gasteiger partial charge in [0.25, 0.3) is 5.91 Å². The molecular weight excluding hydrogens is 400 g/mol. The van der Waals surface area contributed by atoms with Gasteiger partial charge in [0.05, 0.1) is 5.75 Å². The number of rotatable bonds is 4. The molecular formula is C23H26N2O4S. The van der Waals surface area contributed by atoms with Gasteiger partial charge >= 0.3 is 0 Å². The fourth-order valence-electron chi connectivity index (χ4n) is 4.05. The summed E-state index contributed by atoms with van der Waals surface area (Å²) in [4.78, 5) is 17.3. The minimum atomic E-state index is -3.32. The van der Waals surface area contributed by atoms with Crippen molar-refractivity contribution in [3.05, 3.63) is 64.9 Å². The topological polar surface area (TPSA) is 70.8 Å². The summed E-state index contributed by atoms with van der Waals surface area (Å²) >= 11 is 0. The van der Waals surface area contributed by atoms with Gasteiger partial charge in [0, 0.05) is 49.1 Å². The number of piperazine rings is 1. The number of sulfone groups is 1. The number of anilines is 1. The van der Waals surface area contributed by atoms with E-state index in [9.17, 15) is 13.2 Å². The van der Waals surface area contributed by atoms with Crippen LogP contribution in [0.3, 0.4) is 0 Å². The number of carbonyl (C=O) groups excluding carboxylic acids is 1. The summed E-state index contributed by atoms with van der Waals surface area (Å²) in [5, 5.41) is 0.681. The second-order valence-electron chi connectivity index (χ2n) is 7.97. The summed E-state index contributed by atoms with van der Waals surface area (Å²) in [7, 11) is -3.32. The molecule has 1 amide bonds. The molecule has 1 fully saturated rings. The molecule has 0 N–H and O–H groups in total. The highest BCUT2D eigenvalue weighted by Crippen LogP contribution is 2.29. The van der Waals surface area contributed by atoms with Crippen LogP contribution in [0.1, 0.15) is 27.2 Å². The maximum atomic E-state index is 13.3. The van der Waals surface area contributed by atoms with Gasteiger partial charge in [-0.1, -0.05) is 30.3 Å². The molecule has 0 saturated carbocycles. The highest BCUT2D eigenvalue weighted by atomic mass is 32.2. The van der Waals surface area contributed by atoms with Crippen LogP contribution in [-0.4, -0.2) is 51.7 Å². The van der Waals surface area contributed by atoms with Gasteiger partial charge in [0.2, 0.25) is 0 Å². The maximum Gasteiger partial charge on any atom is 0.290 e. The van der Waals surface area contributed by atoms with Gasteiger partial charge in [-0.05, 0) is 37.1 Å². The fourth-order valence-corrected chi connectivity index (χ4v) is 4.86. The Bertz CT molecular complexity index is 1210. The Balaban J connectivity index is 1.58. The van der Waals surface area contributed by atoms with Crippen LogP contribution >= 0.6 is 0 Å². The molecule has 0 spiro atoms. The molecule has 0 bridgehead atoms. The van der Waals surface area contributed by atoms with Crippen LogP contribution in [0.2, 0.25) is 0 Å². The minimum Gasteiger partial charge on any atom is -0.451 e. The number of para-hydroxylation sites is 1. The second kappa shape index (κ2) is 7.80. The third-order valence-electron chi connectivity index (χ3n) is 5.78. The highest BCUT2D eigenvalue weighted by molar-refractivity contribution is 7.89. The van der Waals surface area contributed by atoms with Crippen molar-refractivity contribution in [2.75, 3.05) is 37.3 Å². The third-order valence-corrected chi connectivity index (χ3v) is 6.60. The van der Waals surface area contributed by atoms with Gasteiger partial charge in [0.1, 0.15) is 5.58 Å². The van der Waals surface area contributed by atoms with Gasteiger partial charge in [-0.15, -0.1) is 0 Å². The summed E-state index contributed by atoms with van der Waals surface area (Å²) in [6, 6.07) is 13.5. The van der Waals surface area contributed by atoms with Crippen molar-refractivity contribution < 1.29 is 17.6 Å². The molecule has 7 heteroatoms. The molecule has 1 aliphatic heterocycles. The summed E-state index contributed by atoms with van der Waals surface area (Å²) in [5.74, 6) is -0.319. The summed E-state index contributed by atoms with van der Waals surface area (Å²) in [5.41, 5.74) is 4.69. The molecule has 1 saturated heterocycles. The monoisotopic (exact) mass is 426 g/mol.